The van der Waals surface area contributed by atoms with E-state index in [1.807, 2.05) is 0 Å². The van der Waals surface area contributed by atoms with E-state index in [1.54, 1.807) is 0 Å². The summed E-state index contributed by atoms with van der Waals surface area (Å²) in [6.45, 7) is 1.60. The van der Waals surface area contributed by atoms with Gasteiger partial charge < -0.3 is 10.2 Å². The largest absolute Gasteiger partial charge is 0.352 e. The number of carbonyl (C=O) groups excluding carboxylic acids is 1. The van der Waals surface area contributed by atoms with Gasteiger partial charge in [-0.15, -0.1) is 0 Å². The van der Waals surface area contributed by atoms with Crippen LogP contribution in [0, 0.1) is 5.92 Å². The van der Waals surface area contributed by atoms with Crippen LogP contribution in [0.2, 0.25) is 0 Å². The lowest BCUT2D eigenvalue weighted by Gasteiger charge is -2.21. The molecule has 1 aromatic carbocycles. The highest BCUT2D eigenvalue weighted by Gasteiger charge is 2.14. The van der Waals surface area contributed by atoms with Gasteiger partial charge in [0, 0.05) is 19.5 Å². The molecule has 1 fully saturated rings. The summed E-state index contributed by atoms with van der Waals surface area (Å²) in [5.41, 5.74) is 2.48. The Hall–Kier alpha value is -1.35. The number of nitrogens with zero attached hydrogens (tertiary/aromatic N) is 1. The summed E-state index contributed by atoms with van der Waals surface area (Å²) in [5.74, 6) is 0.979. The van der Waals surface area contributed by atoms with E-state index in [0.29, 0.717) is 13.0 Å². The van der Waals surface area contributed by atoms with Crippen molar-refractivity contribution in [3.63, 3.8) is 0 Å². The molecule has 1 N–H and O–H groups in total. The number of benzene rings is 1. The van der Waals surface area contributed by atoms with E-state index in [0.717, 1.165) is 18.9 Å². The second-order valence-corrected chi connectivity index (χ2v) is 6.87. The lowest BCUT2D eigenvalue weighted by Crippen LogP contribution is -2.23. The van der Waals surface area contributed by atoms with Crippen molar-refractivity contribution in [3.8, 4) is 0 Å². The number of amides is 1. The summed E-state index contributed by atoms with van der Waals surface area (Å²) >= 11 is 0. The molecule has 0 aromatic heterocycles. The van der Waals surface area contributed by atoms with Gasteiger partial charge in [-0.05, 0) is 37.6 Å². The van der Waals surface area contributed by atoms with Crippen molar-refractivity contribution >= 4 is 5.91 Å². The Morgan fingerprint density at radius 1 is 1.09 bits per heavy atom. The maximum absolute atomic E-state index is 12.0. The Balaban J connectivity index is 1.67. The molecule has 1 saturated carbocycles. The molecule has 0 bridgehead atoms. The molecule has 0 heterocycles. The van der Waals surface area contributed by atoms with Crippen molar-refractivity contribution < 1.29 is 4.79 Å². The molecule has 1 aromatic rings. The molecule has 1 aliphatic carbocycles. The molecule has 2 rings (SSSR count). The van der Waals surface area contributed by atoms with Crippen LogP contribution in [0.3, 0.4) is 0 Å². The molecule has 0 atom stereocenters. The van der Waals surface area contributed by atoms with E-state index in [2.05, 4.69) is 48.6 Å². The van der Waals surface area contributed by atoms with Crippen molar-refractivity contribution in [3.05, 3.63) is 35.4 Å². The zero-order valence-corrected chi connectivity index (χ0v) is 14.1. The van der Waals surface area contributed by atoms with Gasteiger partial charge in [-0.2, -0.15) is 0 Å². The molecule has 122 valence electrons. The van der Waals surface area contributed by atoms with Crippen LogP contribution in [0.4, 0.5) is 0 Å². The van der Waals surface area contributed by atoms with Crippen LogP contribution in [-0.4, -0.2) is 24.9 Å². The molecule has 0 aliphatic heterocycles. The highest BCUT2D eigenvalue weighted by atomic mass is 16.1. The summed E-state index contributed by atoms with van der Waals surface area (Å²) in [5, 5.41) is 3.05. The SMILES string of the molecule is CN(C)Cc1ccc(CNC(=O)CCC2CCCCC2)cc1. The maximum Gasteiger partial charge on any atom is 0.220 e. The Morgan fingerprint density at radius 3 is 2.36 bits per heavy atom. The smallest absolute Gasteiger partial charge is 0.220 e. The fraction of sp³-hybridized carbons (Fsp3) is 0.632. The van der Waals surface area contributed by atoms with Gasteiger partial charge in [0.25, 0.3) is 0 Å². The maximum atomic E-state index is 12.0. The second kappa shape index (κ2) is 8.94. The molecule has 0 unspecified atom stereocenters. The van der Waals surface area contributed by atoms with Gasteiger partial charge in [-0.25, -0.2) is 0 Å². The standard InChI is InChI=1S/C19H30N2O/c1-21(2)15-18-10-8-17(9-11-18)14-20-19(22)13-12-16-6-4-3-5-7-16/h8-11,16H,3-7,12-15H2,1-2H3,(H,20,22). The number of nitrogens with one attached hydrogen (secondary N) is 1. The van der Waals surface area contributed by atoms with Gasteiger partial charge in [0.05, 0.1) is 0 Å². The van der Waals surface area contributed by atoms with Gasteiger partial charge in [0.15, 0.2) is 0 Å². The first-order chi connectivity index (χ1) is 10.6. The molecule has 1 aliphatic rings. The zero-order valence-electron chi connectivity index (χ0n) is 14.1. The van der Waals surface area contributed by atoms with Gasteiger partial charge >= 0.3 is 0 Å². The topological polar surface area (TPSA) is 32.3 Å². The highest BCUT2D eigenvalue weighted by molar-refractivity contribution is 5.75. The van der Waals surface area contributed by atoms with Crippen molar-refractivity contribution in [2.24, 2.45) is 5.92 Å². The van der Waals surface area contributed by atoms with E-state index in [1.165, 1.54) is 43.2 Å². The third-order valence-electron chi connectivity index (χ3n) is 4.52. The van der Waals surface area contributed by atoms with Gasteiger partial charge in [0.1, 0.15) is 0 Å². The third kappa shape index (κ3) is 6.18. The average Bonchev–Trinajstić information content (AvgIpc) is 2.53. The fourth-order valence-electron chi connectivity index (χ4n) is 3.23. The van der Waals surface area contributed by atoms with Crippen LogP contribution in [0.25, 0.3) is 0 Å². The monoisotopic (exact) mass is 302 g/mol. The Bertz CT molecular complexity index is 447. The van der Waals surface area contributed by atoms with Crippen molar-refractivity contribution in [1.29, 1.82) is 0 Å². The van der Waals surface area contributed by atoms with Crippen LogP contribution in [0.5, 0.6) is 0 Å². The lowest BCUT2D eigenvalue weighted by molar-refractivity contribution is -0.121. The Labute approximate surface area is 135 Å². The summed E-state index contributed by atoms with van der Waals surface area (Å²) in [4.78, 5) is 14.1. The first kappa shape index (κ1) is 17.0. The van der Waals surface area contributed by atoms with Crippen LogP contribution in [0.15, 0.2) is 24.3 Å². The van der Waals surface area contributed by atoms with Gasteiger partial charge in [0.2, 0.25) is 5.91 Å². The molecule has 3 heteroatoms. The first-order valence-electron chi connectivity index (χ1n) is 8.63. The number of rotatable bonds is 7. The summed E-state index contributed by atoms with van der Waals surface area (Å²) in [6, 6.07) is 8.51. The quantitative estimate of drug-likeness (QED) is 0.832. The van der Waals surface area contributed by atoms with E-state index < -0.39 is 0 Å². The third-order valence-corrected chi connectivity index (χ3v) is 4.52. The minimum Gasteiger partial charge on any atom is -0.352 e. The van der Waals surface area contributed by atoms with E-state index in [4.69, 9.17) is 0 Å². The highest BCUT2D eigenvalue weighted by Crippen LogP contribution is 2.27. The summed E-state index contributed by atoms with van der Waals surface area (Å²) in [6.07, 6.45) is 8.47. The van der Waals surface area contributed by atoms with Crippen LogP contribution in [0.1, 0.15) is 56.1 Å². The van der Waals surface area contributed by atoms with Crippen molar-refractivity contribution in [2.75, 3.05) is 14.1 Å². The molecule has 0 saturated heterocycles. The zero-order chi connectivity index (χ0) is 15.8. The van der Waals surface area contributed by atoms with Crippen molar-refractivity contribution in [2.45, 2.75) is 58.0 Å². The molecule has 22 heavy (non-hydrogen) atoms. The predicted molar refractivity (Wildman–Crippen MR) is 91.5 cm³/mol. The molecule has 1 amide bonds. The van der Waals surface area contributed by atoms with Gasteiger partial charge in [-0.1, -0.05) is 56.4 Å². The molecule has 0 radical (unpaired) electrons. The first-order valence-corrected chi connectivity index (χ1v) is 8.63. The Morgan fingerprint density at radius 2 is 1.73 bits per heavy atom. The fourth-order valence-corrected chi connectivity index (χ4v) is 3.23. The minimum atomic E-state index is 0.197. The average molecular weight is 302 g/mol. The minimum absolute atomic E-state index is 0.197. The molecule has 0 spiro atoms. The lowest BCUT2D eigenvalue weighted by atomic mass is 9.86. The summed E-state index contributed by atoms with van der Waals surface area (Å²) in [7, 11) is 4.14. The molecular formula is C19H30N2O. The van der Waals surface area contributed by atoms with Crippen LogP contribution in [-0.2, 0) is 17.9 Å². The Kier molecular flexibility index (Phi) is 6.91. The van der Waals surface area contributed by atoms with E-state index >= 15 is 0 Å². The molecular weight excluding hydrogens is 272 g/mol. The second-order valence-electron chi connectivity index (χ2n) is 6.87. The van der Waals surface area contributed by atoms with Crippen molar-refractivity contribution in [1.82, 2.24) is 10.2 Å². The van der Waals surface area contributed by atoms with E-state index in [-0.39, 0.29) is 5.91 Å². The van der Waals surface area contributed by atoms with Crippen LogP contribution >= 0.6 is 0 Å². The van der Waals surface area contributed by atoms with Gasteiger partial charge in [-0.3, -0.25) is 4.79 Å². The normalized spacial score (nSPS) is 16.0. The van der Waals surface area contributed by atoms with Crippen LogP contribution < -0.4 is 5.32 Å². The summed E-state index contributed by atoms with van der Waals surface area (Å²) < 4.78 is 0. The predicted octanol–water partition coefficient (Wildman–Crippen LogP) is 3.72. The number of hydrogen-bond donors (Lipinski definition) is 1. The number of hydrogen-bond acceptors (Lipinski definition) is 2. The van der Waals surface area contributed by atoms with E-state index in [9.17, 15) is 4.79 Å². The number of carbonyl (C=O) groups is 1. The molecule has 3 nitrogen and oxygen atoms in total.